The fourth-order valence-corrected chi connectivity index (χ4v) is 3.59. The van der Waals surface area contributed by atoms with Gasteiger partial charge in [0.2, 0.25) is 0 Å². The van der Waals surface area contributed by atoms with Crippen molar-refractivity contribution >= 4 is 17.5 Å². The third kappa shape index (κ3) is 4.98. The average Bonchev–Trinajstić information content (AvgIpc) is 2.68. The number of carbonyl (C=O) groups is 1. The molecule has 25 heavy (non-hydrogen) atoms. The number of piperidine rings is 1. The van der Waals surface area contributed by atoms with Gasteiger partial charge in [-0.25, -0.2) is 0 Å². The third-order valence-corrected chi connectivity index (χ3v) is 5.30. The second kappa shape index (κ2) is 8.89. The summed E-state index contributed by atoms with van der Waals surface area (Å²) in [7, 11) is 0. The highest BCUT2D eigenvalue weighted by Crippen LogP contribution is 2.22. The predicted molar refractivity (Wildman–Crippen MR) is 105 cm³/mol. The van der Waals surface area contributed by atoms with Gasteiger partial charge in [-0.2, -0.15) is 0 Å². The number of thioether (sulfide) groups is 1. The molecular weight excluding hydrogens is 326 g/mol. The molecule has 0 N–H and O–H groups in total. The lowest BCUT2D eigenvalue weighted by Gasteiger charge is -2.30. The molecule has 0 amide bonds. The van der Waals surface area contributed by atoms with Crippen LogP contribution in [0.25, 0.3) is 0 Å². The lowest BCUT2D eigenvalue weighted by molar-refractivity contribution is 0.0833. The molecule has 1 atom stereocenters. The van der Waals surface area contributed by atoms with Gasteiger partial charge < -0.3 is 0 Å². The quantitative estimate of drug-likeness (QED) is 0.465. The number of hydrogen-bond donors (Lipinski definition) is 0. The molecule has 1 fully saturated rings. The van der Waals surface area contributed by atoms with E-state index in [0.717, 1.165) is 43.6 Å². The summed E-state index contributed by atoms with van der Waals surface area (Å²) in [5, 5.41) is 0. The number of Topliss-reactive ketones (excluding diaryl/α,β-unsaturated/α-hetero) is 1. The summed E-state index contributed by atoms with van der Waals surface area (Å²) >= 11 is 1.70. The largest absolute Gasteiger partial charge is 0.294 e. The maximum Gasteiger partial charge on any atom is 0.167 e. The van der Waals surface area contributed by atoms with Crippen molar-refractivity contribution in [1.29, 1.82) is 0 Å². The fourth-order valence-electron chi connectivity index (χ4n) is 3.18. The number of hydrogen-bond acceptors (Lipinski definition) is 3. The van der Waals surface area contributed by atoms with Gasteiger partial charge >= 0.3 is 0 Å². The fraction of sp³-hybridized carbons (Fsp3) is 0.318. The Morgan fingerprint density at radius 1 is 1.16 bits per heavy atom. The van der Waals surface area contributed by atoms with Gasteiger partial charge in [0, 0.05) is 28.5 Å². The van der Waals surface area contributed by atoms with E-state index in [1.54, 1.807) is 11.8 Å². The van der Waals surface area contributed by atoms with E-state index >= 15 is 0 Å². The van der Waals surface area contributed by atoms with Gasteiger partial charge in [-0.05, 0) is 49.9 Å². The highest BCUT2D eigenvalue weighted by Gasteiger charge is 2.26. The van der Waals surface area contributed by atoms with E-state index in [1.807, 2.05) is 60.9 Å². The van der Waals surface area contributed by atoms with Gasteiger partial charge in [0.1, 0.15) is 0 Å². The molecule has 0 bridgehead atoms. The van der Waals surface area contributed by atoms with Crippen molar-refractivity contribution in [3.05, 3.63) is 65.7 Å². The van der Waals surface area contributed by atoms with Gasteiger partial charge in [-0.1, -0.05) is 42.2 Å². The van der Waals surface area contributed by atoms with Crippen LogP contribution in [0.4, 0.5) is 0 Å². The van der Waals surface area contributed by atoms with E-state index < -0.39 is 0 Å². The molecule has 0 aliphatic carbocycles. The maximum absolute atomic E-state index is 12.8. The summed E-state index contributed by atoms with van der Waals surface area (Å²) in [5.41, 5.74) is 1.88. The van der Waals surface area contributed by atoms with Crippen molar-refractivity contribution < 1.29 is 4.79 Å². The van der Waals surface area contributed by atoms with Gasteiger partial charge in [0.15, 0.2) is 5.78 Å². The molecular formula is C22H23NOS. The summed E-state index contributed by atoms with van der Waals surface area (Å²) in [6.45, 7) is 2.56. The lowest BCUT2D eigenvalue weighted by Crippen LogP contribution is -2.38. The first-order valence-corrected chi connectivity index (χ1v) is 9.93. The zero-order chi connectivity index (χ0) is 17.5. The Morgan fingerprint density at radius 3 is 2.64 bits per heavy atom. The summed E-state index contributed by atoms with van der Waals surface area (Å²) in [5.74, 6) is 6.81. The first-order chi connectivity index (χ1) is 12.3. The van der Waals surface area contributed by atoms with Gasteiger partial charge in [0.25, 0.3) is 0 Å². The average molecular weight is 349 g/mol. The molecule has 128 valence electrons. The van der Waals surface area contributed by atoms with E-state index in [0.29, 0.717) is 0 Å². The van der Waals surface area contributed by atoms with Crippen LogP contribution in [-0.2, 0) is 0 Å². The number of benzene rings is 2. The van der Waals surface area contributed by atoms with Crippen LogP contribution in [0.3, 0.4) is 0 Å². The molecule has 1 unspecified atom stereocenters. The van der Waals surface area contributed by atoms with E-state index in [1.165, 1.54) is 4.90 Å². The molecule has 3 rings (SSSR count). The minimum Gasteiger partial charge on any atom is -0.294 e. The van der Waals surface area contributed by atoms with Crippen LogP contribution in [0.15, 0.2) is 59.5 Å². The predicted octanol–water partition coefficient (Wildman–Crippen LogP) is 4.35. The molecule has 1 heterocycles. The third-order valence-electron chi connectivity index (χ3n) is 4.56. The topological polar surface area (TPSA) is 20.3 Å². The van der Waals surface area contributed by atoms with Crippen LogP contribution in [-0.4, -0.2) is 36.6 Å². The smallest absolute Gasteiger partial charge is 0.167 e. The Kier molecular flexibility index (Phi) is 6.33. The SMILES string of the molecule is CSc1ccc(C(=O)C2CCCN(CC#Cc3ccccc3)C2)cc1. The highest BCUT2D eigenvalue weighted by atomic mass is 32.2. The second-order valence-corrected chi connectivity index (χ2v) is 7.21. The molecule has 0 spiro atoms. The van der Waals surface area contributed by atoms with Gasteiger partial charge in [0.05, 0.1) is 6.54 Å². The van der Waals surface area contributed by atoms with Gasteiger partial charge in [-0.3, -0.25) is 9.69 Å². The molecule has 3 heteroatoms. The van der Waals surface area contributed by atoms with E-state index in [2.05, 4.69) is 16.7 Å². The zero-order valence-electron chi connectivity index (χ0n) is 14.6. The lowest BCUT2D eigenvalue weighted by atomic mass is 9.90. The minimum absolute atomic E-state index is 0.0902. The Balaban J connectivity index is 1.58. The van der Waals surface area contributed by atoms with E-state index in [-0.39, 0.29) is 11.7 Å². The molecule has 0 aromatic heterocycles. The molecule has 1 saturated heterocycles. The normalized spacial score (nSPS) is 17.6. The molecule has 0 saturated carbocycles. The number of carbonyl (C=O) groups excluding carboxylic acids is 1. The van der Waals surface area contributed by atoms with Crippen molar-refractivity contribution in [2.45, 2.75) is 17.7 Å². The van der Waals surface area contributed by atoms with Crippen LogP contribution < -0.4 is 0 Å². The molecule has 1 aliphatic heterocycles. The molecule has 2 aromatic carbocycles. The number of ketones is 1. The molecule has 2 aromatic rings. The van der Waals surface area contributed by atoms with Gasteiger partial charge in [-0.15, -0.1) is 11.8 Å². The Labute approximate surface area is 154 Å². The van der Waals surface area contributed by atoms with Crippen LogP contribution in [0.2, 0.25) is 0 Å². The van der Waals surface area contributed by atoms with Crippen molar-refractivity contribution in [2.24, 2.45) is 5.92 Å². The van der Waals surface area contributed by atoms with Crippen molar-refractivity contribution in [2.75, 3.05) is 25.9 Å². The zero-order valence-corrected chi connectivity index (χ0v) is 15.4. The number of nitrogens with zero attached hydrogens (tertiary/aromatic N) is 1. The number of likely N-dealkylation sites (tertiary alicyclic amines) is 1. The summed E-state index contributed by atoms with van der Waals surface area (Å²) in [6, 6.07) is 18.0. The molecule has 0 radical (unpaired) electrons. The highest BCUT2D eigenvalue weighted by molar-refractivity contribution is 7.98. The van der Waals surface area contributed by atoms with Crippen LogP contribution in [0.1, 0.15) is 28.8 Å². The van der Waals surface area contributed by atoms with Crippen LogP contribution >= 0.6 is 11.8 Å². The first-order valence-electron chi connectivity index (χ1n) is 8.71. The summed E-state index contributed by atoms with van der Waals surface area (Å²) in [4.78, 5) is 16.3. The Hall–Kier alpha value is -2.02. The van der Waals surface area contributed by atoms with E-state index in [9.17, 15) is 4.79 Å². The second-order valence-electron chi connectivity index (χ2n) is 6.33. The van der Waals surface area contributed by atoms with Crippen LogP contribution in [0, 0.1) is 17.8 Å². The van der Waals surface area contributed by atoms with E-state index in [4.69, 9.17) is 0 Å². The van der Waals surface area contributed by atoms with Crippen LogP contribution in [0.5, 0.6) is 0 Å². The minimum atomic E-state index is 0.0902. The Bertz CT molecular complexity index is 758. The maximum atomic E-state index is 12.8. The standard InChI is InChI=1S/C22H23NOS/c1-25-21-13-11-19(12-14-21)22(24)20-10-6-16-23(17-20)15-5-9-18-7-3-2-4-8-18/h2-4,7-8,11-14,20H,6,10,15-17H2,1H3. The van der Waals surface area contributed by atoms with Crippen molar-refractivity contribution in [1.82, 2.24) is 4.90 Å². The summed E-state index contributed by atoms with van der Waals surface area (Å²) in [6.07, 6.45) is 4.09. The summed E-state index contributed by atoms with van der Waals surface area (Å²) < 4.78 is 0. The Morgan fingerprint density at radius 2 is 1.92 bits per heavy atom. The molecule has 1 aliphatic rings. The number of rotatable bonds is 4. The monoisotopic (exact) mass is 349 g/mol. The van der Waals surface area contributed by atoms with Crippen molar-refractivity contribution in [3.63, 3.8) is 0 Å². The molecule has 2 nitrogen and oxygen atoms in total. The van der Waals surface area contributed by atoms with Crippen molar-refractivity contribution in [3.8, 4) is 11.8 Å². The first kappa shape index (κ1) is 17.8.